The van der Waals surface area contributed by atoms with E-state index in [-0.39, 0.29) is 5.56 Å². The van der Waals surface area contributed by atoms with Crippen LogP contribution in [0.3, 0.4) is 0 Å². The van der Waals surface area contributed by atoms with Crippen molar-refractivity contribution in [2.45, 2.75) is 18.8 Å². The summed E-state index contributed by atoms with van der Waals surface area (Å²) in [7, 11) is 1.81. The lowest BCUT2D eigenvalue weighted by Crippen LogP contribution is -2.29. The minimum Gasteiger partial charge on any atom is -0.318 e. The fraction of sp³-hybridized carbons (Fsp3) is 0.545. The average Bonchev–Trinajstić information content (AvgIpc) is 2.23. The third kappa shape index (κ3) is 1.87. The first kappa shape index (κ1) is 9.46. The van der Waals surface area contributed by atoms with E-state index in [0.717, 1.165) is 13.1 Å². The number of aryl methyl sites for hydroxylation is 1. The van der Waals surface area contributed by atoms with Gasteiger partial charge in [-0.15, -0.1) is 0 Å². The van der Waals surface area contributed by atoms with Crippen LogP contribution >= 0.6 is 0 Å². The van der Waals surface area contributed by atoms with Gasteiger partial charge >= 0.3 is 0 Å². The molecule has 0 amide bonds. The van der Waals surface area contributed by atoms with Crippen molar-refractivity contribution in [2.75, 3.05) is 13.1 Å². The molecule has 3 nitrogen and oxygen atoms in total. The van der Waals surface area contributed by atoms with Crippen LogP contribution in [-0.2, 0) is 7.05 Å². The molecule has 0 aromatic carbocycles. The summed E-state index contributed by atoms with van der Waals surface area (Å²) in [5, 5.41) is 3.38. The number of aromatic nitrogens is 1. The minimum absolute atomic E-state index is 0.0671. The fourth-order valence-corrected chi connectivity index (χ4v) is 1.99. The molecular weight excluding hydrogens is 176 g/mol. The van der Waals surface area contributed by atoms with E-state index < -0.39 is 0 Å². The number of piperidine rings is 1. The van der Waals surface area contributed by atoms with Crippen LogP contribution in [0.2, 0.25) is 0 Å². The SMILES string of the molecule is Cn1cc([C@H]2CCCNC2)ccc1=O. The quantitative estimate of drug-likeness (QED) is 0.716. The lowest BCUT2D eigenvalue weighted by atomic mass is 9.93. The molecule has 0 spiro atoms. The van der Waals surface area contributed by atoms with E-state index in [1.807, 2.05) is 19.3 Å². The van der Waals surface area contributed by atoms with E-state index >= 15 is 0 Å². The van der Waals surface area contributed by atoms with Gasteiger partial charge in [0, 0.05) is 25.9 Å². The first-order chi connectivity index (χ1) is 6.77. The molecule has 3 heteroatoms. The molecule has 2 heterocycles. The molecule has 14 heavy (non-hydrogen) atoms. The Morgan fingerprint density at radius 2 is 2.36 bits per heavy atom. The van der Waals surface area contributed by atoms with Gasteiger partial charge in [0.05, 0.1) is 0 Å². The first-order valence-corrected chi connectivity index (χ1v) is 5.14. The van der Waals surface area contributed by atoms with Gasteiger partial charge in [0.25, 0.3) is 0 Å². The van der Waals surface area contributed by atoms with E-state index in [4.69, 9.17) is 0 Å². The lowest BCUT2D eigenvalue weighted by molar-refractivity contribution is 0.459. The van der Waals surface area contributed by atoms with Crippen molar-refractivity contribution >= 4 is 0 Å². The Kier molecular flexibility index (Phi) is 2.68. The second-order valence-electron chi connectivity index (χ2n) is 3.95. The Bertz CT molecular complexity index is 364. The molecule has 0 unspecified atom stereocenters. The largest absolute Gasteiger partial charge is 0.318 e. The van der Waals surface area contributed by atoms with Crippen LogP contribution in [0.5, 0.6) is 0 Å². The number of pyridine rings is 1. The van der Waals surface area contributed by atoms with Gasteiger partial charge in [0.2, 0.25) is 5.56 Å². The lowest BCUT2D eigenvalue weighted by Gasteiger charge is -2.23. The highest BCUT2D eigenvalue weighted by atomic mass is 16.1. The topological polar surface area (TPSA) is 34.0 Å². The van der Waals surface area contributed by atoms with Crippen LogP contribution in [0.1, 0.15) is 24.3 Å². The molecule has 2 rings (SSSR count). The Morgan fingerprint density at radius 1 is 1.50 bits per heavy atom. The van der Waals surface area contributed by atoms with Gasteiger partial charge in [-0.3, -0.25) is 4.79 Å². The van der Waals surface area contributed by atoms with E-state index in [9.17, 15) is 4.79 Å². The molecule has 1 atom stereocenters. The van der Waals surface area contributed by atoms with Crippen molar-refractivity contribution in [1.82, 2.24) is 9.88 Å². The maximum absolute atomic E-state index is 11.2. The van der Waals surface area contributed by atoms with E-state index in [1.54, 1.807) is 10.6 Å². The third-order valence-corrected chi connectivity index (χ3v) is 2.88. The summed E-state index contributed by atoms with van der Waals surface area (Å²) >= 11 is 0. The van der Waals surface area contributed by atoms with Gasteiger partial charge < -0.3 is 9.88 Å². The molecule has 1 aliphatic rings. The normalized spacial score (nSPS) is 22.2. The van der Waals surface area contributed by atoms with Crippen molar-refractivity contribution in [3.05, 3.63) is 34.2 Å². The van der Waals surface area contributed by atoms with Gasteiger partial charge in [-0.1, -0.05) is 6.07 Å². The van der Waals surface area contributed by atoms with E-state index in [0.29, 0.717) is 5.92 Å². The number of nitrogens with one attached hydrogen (secondary N) is 1. The maximum Gasteiger partial charge on any atom is 0.250 e. The maximum atomic E-state index is 11.2. The number of hydrogen-bond donors (Lipinski definition) is 1. The smallest absolute Gasteiger partial charge is 0.250 e. The summed E-state index contributed by atoms with van der Waals surface area (Å²) in [5.74, 6) is 0.579. The zero-order valence-electron chi connectivity index (χ0n) is 8.49. The third-order valence-electron chi connectivity index (χ3n) is 2.88. The number of rotatable bonds is 1. The highest BCUT2D eigenvalue weighted by molar-refractivity contribution is 5.16. The molecule has 1 fully saturated rings. The summed E-state index contributed by atoms with van der Waals surface area (Å²) in [4.78, 5) is 11.2. The Balaban J connectivity index is 2.22. The van der Waals surface area contributed by atoms with E-state index in [2.05, 4.69) is 5.32 Å². The van der Waals surface area contributed by atoms with Gasteiger partial charge in [0.15, 0.2) is 0 Å². The summed E-state index contributed by atoms with van der Waals surface area (Å²) in [6, 6.07) is 3.62. The van der Waals surface area contributed by atoms with Crippen molar-refractivity contribution in [1.29, 1.82) is 0 Å². The van der Waals surface area contributed by atoms with Gasteiger partial charge in [-0.25, -0.2) is 0 Å². The highest BCUT2D eigenvalue weighted by Crippen LogP contribution is 2.21. The van der Waals surface area contributed by atoms with E-state index in [1.165, 1.54) is 18.4 Å². The molecule has 76 valence electrons. The molecule has 1 saturated heterocycles. The fourth-order valence-electron chi connectivity index (χ4n) is 1.99. The Hall–Kier alpha value is -1.09. The second-order valence-corrected chi connectivity index (χ2v) is 3.95. The first-order valence-electron chi connectivity index (χ1n) is 5.14. The molecule has 1 aromatic rings. The predicted molar refractivity (Wildman–Crippen MR) is 56.5 cm³/mol. The van der Waals surface area contributed by atoms with Crippen LogP contribution in [-0.4, -0.2) is 17.7 Å². The molecule has 0 saturated carbocycles. The van der Waals surface area contributed by atoms with Crippen molar-refractivity contribution < 1.29 is 0 Å². The molecule has 1 aliphatic heterocycles. The monoisotopic (exact) mass is 192 g/mol. The van der Waals surface area contributed by atoms with Crippen molar-refractivity contribution in [2.24, 2.45) is 7.05 Å². The average molecular weight is 192 g/mol. The Labute approximate surface area is 83.8 Å². The molecule has 0 aliphatic carbocycles. The summed E-state index contributed by atoms with van der Waals surface area (Å²) in [6.45, 7) is 2.17. The zero-order valence-corrected chi connectivity index (χ0v) is 8.49. The Morgan fingerprint density at radius 3 is 3.00 bits per heavy atom. The molecule has 0 bridgehead atoms. The predicted octanol–water partition coefficient (Wildman–Crippen LogP) is 0.852. The van der Waals surface area contributed by atoms with Gasteiger partial charge in [0.1, 0.15) is 0 Å². The van der Waals surface area contributed by atoms with Crippen LogP contribution in [0, 0.1) is 0 Å². The summed E-state index contributed by atoms with van der Waals surface area (Å²) < 4.78 is 1.66. The van der Waals surface area contributed by atoms with Crippen LogP contribution in [0.15, 0.2) is 23.1 Å². The number of nitrogens with zero attached hydrogens (tertiary/aromatic N) is 1. The van der Waals surface area contributed by atoms with Crippen LogP contribution < -0.4 is 10.9 Å². The molecular formula is C11H16N2O. The van der Waals surface area contributed by atoms with Gasteiger partial charge in [-0.05, 0) is 30.9 Å². The van der Waals surface area contributed by atoms with Crippen LogP contribution in [0.25, 0.3) is 0 Å². The molecule has 0 radical (unpaired) electrons. The minimum atomic E-state index is 0.0671. The second kappa shape index (κ2) is 3.96. The summed E-state index contributed by atoms with van der Waals surface area (Å²) in [5.41, 5.74) is 1.34. The summed E-state index contributed by atoms with van der Waals surface area (Å²) in [6.07, 6.45) is 4.42. The van der Waals surface area contributed by atoms with Crippen LogP contribution in [0.4, 0.5) is 0 Å². The van der Waals surface area contributed by atoms with Crippen molar-refractivity contribution in [3.63, 3.8) is 0 Å². The number of hydrogen-bond acceptors (Lipinski definition) is 2. The highest BCUT2D eigenvalue weighted by Gasteiger charge is 2.15. The zero-order chi connectivity index (χ0) is 9.97. The molecule has 1 N–H and O–H groups in total. The standard InChI is InChI=1S/C11H16N2O/c1-13-8-10(4-5-11(13)14)9-3-2-6-12-7-9/h4-5,8-9,12H,2-3,6-7H2,1H3/t9-/m0/s1. The van der Waals surface area contributed by atoms with Crippen molar-refractivity contribution in [3.8, 4) is 0 Å². The molecule has 1 aromatic heterocycles. The van der Waals surface area contributed by atoms with Gasteiger partial charge in [-0.2, -0.15) is 0 Å².